The first-order valence-corrected chi connectivity index (χ1v) is 13.0. The van der Waals surface area contributed by atoms with Crippen molar-refractivity contribution in [1.82, 2.24) is 4.57 Å². The second-order valence-corrected chi connectivity index (χ2v) is 9.13. The zero-order valence-electron chi connectivity index (χ0n) is 21.6. The van der Waals surface area contributed by atoms with Crippen molar-refractivity contribution in [2.45, 2.75) is 33.7 Å². The van der Waals surface area contributed by atoms with Gasteiger partial charge in [0, 0.05) is 5.56 Å². The first-order chi connectivity index (χ1) is 17.9. The average molecular weight is 523 g/mol. The van der Waals surface area contributed by atoms with Crippen molar-refractivity contribution in [3.05, 3.63) is 84.5 Å². The maximum atomic E-state index is 13.8. The van der Waals surface area contributed by atoms with Gasteiger partial charge in [0.25, 0.3) is 5.56 Å². The van der Waals surface area contributed by atoms with E-state index in [0.29, 0.717) is 56.6 Å². The van der Waals surface area contributed by atoms with Crippen LogP contribution in [0, 0.1) is 0 Å². The van der Waals surface area contributed by atoms with Gasteiger partial charge in [0.15, 0.2) is 16.3 Å². The Labute approximate surface area is 219 Å². The van der Waals surface area contributed by atoms with Crippen LogP contribution in [0.5, 0.6) is 17.2 Å². The molecule has 0 aliphatic carbocycles. The van der Waals surface area contributed by atoms with Gasteiger partial charge in [0.1, 0.15) is 11.8 Å². The van der Waals surface area contributed by atoms with E-state index in [0.717, 1.165) is 5.56 Å². The Morgan fingerprint density at radius 3 is 2.46 bits per heavy atom. The third-order valence-corrected chi connectivity index (χ3v) is 6.80. The molecule has 0 unspecified atom stereocenters. The molecule has 0 fully saturated rings. The summed E-state index contributed by atoms with van der Waals surface area (Å²) in [5.41, 5.74) is 2.03. The topological polar surface area (TPSA) is 88.4 Å². The van der Waals surface area contributed by atoms with Crippen molar-refractivity contribution in [2.24, 2.45) is 4.99 Å². The number of rotatable bonds is 9. The summed E-state index contributed by atoms with van der Waals surface area (Å²) in [6.07, 6.45) is 1.79. The van der Waals surface area contributed by atoms with Gasteiger partial charge in [-0.15, -0.1) is 0 Å². The minimum Gasteiger partial charge on any atom is -0.494 e. The van der Waals surface area contributed by atoms with Crippen molar-refractivity contribution in [3.63, 3.8) is 0 Å². The molecule has 4 rings (SSSR count). The van der Waals surface area contributed by atoms with Crippen molar-refractivity contribution < 1.29 is 23.7 Å². The molecule has 1 atom stereocenters. The summed E-state index contributed by atoms with van der Waals surface area (Å²) in [6, 6.07) is 12.2. The number of hydrogen-bond donors (Lipinski definition) is 0. The van der Waals surface area contributed by atoms with Crippen LogP contribution in [-0.4, -0.2) is 37.5 Å². The zero-order chi connectivity index (χ0) is 26.5. The molecule has 2 heterocycles. The van der Waals surface area contributed by atoms with Crippen LogP contribution in [0.1, 0.15) is 44.9 Å². The number of esters is 1. The smallest absolute Gasteiger partial charge is 0.338 e. The van der Waals surface area contributed by atoms with Gasteiger partial charge in [0.2, 0.25) is 0 Å². The molecule has 194 valence electrons. The van der Waals surface area contributed by atoms with Crippen molar-refractivity contribution >= 4 is 23.4 Å². The molecule has 37 heavy (non-hydrogen) atoms. The molecule has 0 N–H and O–H groups in total. The summed E-state index contributed by atoms with van der Waals surface area (Å²) in [5.74, 6) is 1.29. The number of aromatic nitrogens is 1. The van der Waals surface area contributed by atoms with E-state index in [1.165, 1.54) is 11.3 Å². The molecule has 9 heteroatoms. The number of allylic oxidation sites excluding steroid dienone is 1. The van der Waals surface area contributed by atoms with E-state index in [4.69, 9.17) is 18.9 Å². The van der Waals surface area contributed by atoms with Gasteiger partial charge in [0.05, 0.1) is 42.7 Å². The van der Waals surface area contributed by atoms with Crippen molar-refractivity contribution in [2.75, 3.05) is 26.9 Å². The van der Waals surface area contributed by atoms with Gasteiger partial charge >= 0.3 is 5.97 Å². The maximum Gasteiger partial charge on any atom is 0.338 e. The zero-order valence-corrected chi connectivity index (χ0v) is 22.4. The number of carbonyl (C=O) groups is 1. The fourth-order valence-electron chi connectivity index (χ4n) is 4.28. The van der Waals surface area contributed by atoms with E-state index < -0.39 is 12.0 Å². The van der Waals surface area contributed by atoms with E-state index >= 15 is 0 Å². The van der Waals surface area contributed by atoms with Crippen LogP contribution in [0.3, 0.4) is 0 Å². The predicted molar refractivity (Wildman–Crippen MR) is 142 cm³/mol. The Morgan fingerprint density at radius 2 is 1.76 bits per heavy atom. The van der Waals surface area contributed by atoms with Crippen molar-refractivity contribution in [1.29, 1.82) is 0 Å². The quantitative estimate of drug-likeness (QED) is 0.399. The Bertz CT molecular complexity index is 1520. The highest BCUT2D eigenvalue weighted by atomic mass is 32.1. The number of para-hydroxylation sites is 1. The highest BCUT2D eigenvalue weighted by molar-refractivity contribution is 7.07. The Morgan fingerprint density at radius 1 is 1.03 bits per heavy atom. The van der Waals surface area contributed by atoms with Crippen LogP contribution >= 0.6 is 11.3 Å². The number of hydrogen-bond acceptors (Lipinski definition) is 8. The number of benzene rings is 2. The lowest BCUT2D eigenvalue weighted by Gasteiger charge is -2.26. The number of thiazole rings is 1. The summed E-state index contributed by atoms with van der Waals surface area (Å²) in [5, 5.41) is 0. The summed E-state index contributed by atoms with van der Waals surface area (Å²) in [4.78, 5) is 32.1. The highest BCUT2D eigenvalue weighted by Gasteiger charge is 2.35. The summed E-state index contributed by atoms with van der Waals surface area (Å²) in [7, 11) is 1.57. The largest absolute Gasteiger partial charge is 0.494 e. The van der Waals surface area contributed by atoms with E-state index in [1.807, 2.05) is 56.3 Å². The van der Waals surface area contributed by atoms with Gasteiger partial charge in [-0.3, -0.25) is 9.36 Å². The van der Waals surface area contributed by atoms with E-state index in [1.54, 1.807) is 31.6 Å². The second-order valence-electron chi connectivity index (χ2n) is 8.12. The lowest BCUT2D eigenvalue weighted by Crippen LogP contribution is -2.40. The summed E-state index contributed by atoms with van der Waals surface area (Å²) < 4.78 is 24.3. The molecule has 2 aromatic carbocycles. The molecule has 0 saturated heterocycles. The third-order valence-electron chi connectivity index (χ3n) is 5.82. The second kappa shape index (κ2) is 11.5. The van der Waals surface area contributed by atoms with Crippen LogP contribution in [0.2, 0.25) is 0 Å². The number of ether oxygens (including phenoxy) is 4. The van der Waals surface area contributed by atoms with E-state index in [-0.39, 0.29) is 12.2 Å². The molecular formula is C28H30N2O6S. The fraction of sp³-hybridized carbons (Fsp3) is 0.321. The van der Waals surface area contributed by atoms with Crippen LogP contribution in [0.4, 0.5) is 0 Å². The lowest BCUT2D eigenvalue weighted by atomic mass is 9.95. The normalized spacial score (nSPS) is 15.2. The van der Waals surface area contributed by atoms with E-state index in [9.17, 15) is 9.59 Å². The number of methoxy groups -OCH3 is 1. The molecule has 0 saturated carbocycles. The molecule has 8 nitrogen and oxygen atoms in total. The molecule has 0 spiro atoms. The van der Waals surface area contributed by atoms with Crippen LogP contribution in [0.15, 0.2) is 63.5 Å². The van der Waals surface area contributed by atoms with Gasteiger partial charge in [-0.1, -0.05) is 35.6 Å². The molecule has 0 radical (unpaired) electrons. The average Bonchev–Trinajstić information content (AvgIpc) is 3.19. The lowest BCUT2D eigenvalue weighted by molar-refractivity contribution is -0.139. The van der Waals surface area contributed by atoms with Crippen molar-refractivity contribution in [3.8, 4) is 17.2 Å². The molecule has 1 aliphatic heterocycles. The van der Waals surface area contributed by atoms with E-state index in [2.05, 4.69) is 4.99 Å². The summed E-state index contributed by atoms with van der Waals surface area (Å²) >= 11 is 1.26. The van der Waals surface area contributed by atoms with Gasteiger partial charge in [-0.2, -0.15) is 0 Å². The monoisotopic (exact) mass is 522 g/mol. The molecule has 3 aromatic rings. The number of nitrogens with zero attached hydrogens (tertiary/aromatic N) is 2. The minimum atomic E-state index is -0.741. The molecule has 0 bridgehead atoms. The Hall–Kier alpha value is -3.85. The molecule has 1 aromatic heterocycles. The Balaban J connectivity index is 1.93. The van der Waals surface area contributed by atoms with Crippen LogP contribution in [0.25, 0.3) is 6.08 Å². The number of carbonyl (C=O) groups excluding carboxylic acids is 1. The SMILES string of the molecule is CCOC(=O)C1=C(C)N=c2s/c(=C\c3ccc(OCC)c(OC)c3)c(=O)n2[C@@H]1c1ccccc1OCC. The molecule has 1 aliphatic rings. The minimum absolute atomic E-state index is 0.208. The molecule has 0 amide bonds. The first kappa shape index (κ1) is 26.2. The van der Waals surface area contributed by atoms with Crippen LogP contribution in [-0.2, 0) is 9.53 Å². The Kier molecular flexibility index (Phi) is 8.13. The standard InChI is InChI=1S/C28H30N2O6S/c1-6-34-20-12-10-9-11-19(20)25-24(27(32)36-8-3)17(4)29-28-30(25)26(31)23(37-28)16-18-13-14-21(35-7-2)22(15-18)33-5/h9-16,25H,6-8H2,1-5H3/b23-16-/t25-/m1/s1. The van der Waals surface area contributed by atoms with Crippen LogP contribution < -0.4 is 29.1 Å². The molecular weight excluding hydrogens is 492 g/mol. The van der Waals surface area contributed by atoms with Gasteiger partial charge in [-0.25, -0.2) is 9.79 Å². The van der Waals surface area contributed by atoms with Gasteiger partial charge in [-0.05, 0) is 57.5 Å². The fourth-order valence-corrected chi connectivity index (χ4v) is 5.33. The third kappa shape index (κ3) is 5.17. The summed E-state index contributed by atoms with van der Waals surface area (Å²) in [6.45, 7) is 8.46. The predicted octanol–water partition coefficient (Wildman–Crippen LogP) is 3.60. The van der Waals surface area contributed by atoms with Gasteiger partial charge < -0.3 is 18.9 Å². The number of fused-ring (bicyclic) bond motifs is 1. The first-order valence-electron chi connectivity index (χ1n) is 12.2. The maximum absolute atomic E-state index is 13.8. The highest BCUT2D eigenvalue weighted by Crippen LogP contribution is 2.36.